The number of aryl methyl sites for hydroxylation is 1. The highest BCUT2D eigenvalue weighted by atomic mass is 19.1. The zero-order valence-electron chi connectivity index (χ0n) is 16.8. The standard InChI is InChI=1S/C24H29FN2O2/c25-22-11-5-4-10-20(22)13-16-26-24(29)21-14-17-27(18-15-21)23(28)12-6-9-19-7-2-1-3-8-19/h1-5,7-8,10-11,21H,6,9,12-18H2,(H,26,29). The quantitative estimate of drug-likeness (QED) is 0.739. The average Bonchev–Trinajstić information content (AvgIpc) is 2.76. The maximum absolute atomic E-state index is 13.6. The second-order valence-electron chi connectivity index (χ2n) is 7.63. The van der Waals surface area contributed by atoms with Gasteiger partial charge in [-0.1, -0.05) is 48.5 Å². The summed E-state index contributed by atoms with van der Waals surface area (Å²) in [6.45, 7) is 1.70. The minimum Gasteiger partial charge on any atom is -0.356 e. The highest BCUT2D eigenvalue weighted by Gasteiger charge is 2.26. The van der Waals surface area contributed by atoms with E-state index >= 15 is 0 Å². The Labute approximate surface area is 172 Å². The highest BCUT2D eigenvalue weighted by molar-refractivity contribution is 5.80. The lowest BCUT2D eigenvalue weighted by molar-refractivity contribution is -0.135. The third-order valence-electron chi connectivity index (χ3n) is 5.57. The van der Waals surface area contributed by atoms with Gasteiger partial charge in [0.2, 0.25) is 11.8 Å². The molecule has 0 aromatic heterocycles. The molecule has 1 saturated heterocycles. The predicted octanol–water partition coefficient (Wildman–Crippen LogP) is 3.75. The topological polar surface area (TPSA) is 49.4 Å². The molecule has 0 saturated carbocycles. The molecule has 2 aromatic rings. The molecule has 2 amide bonds. The van der Waals surface area contributed by atoms with Gasteiger partial charge in [-0.15, -0.1) is 0 Å². The van der Waals surface area contributed by atoms with E-state index in [1.807, 2.05) is 23.1 Å². The molecular formula is C24H29FN2O2. The molecule has 1 aliphatic rings. The fourth-order valence-corrected chi connectivity index (χ4v) is 3.80. The number of carbonyl (C=O) groups is 2. The smallest absolute Gasteiger partial charge is 0.223 e. The first-order valence-corrected chi connectivity index (χ1v) is 10.5. The summed E-state index contributed by atoms with van der Waals surface area (Å²) in [6, 6.07) is 16.8. The van der Waals surface area contributed by atoms with Crippen molar-refractivity contribution in [1.29, 1.82) is 0 Å². The number of nitrogens with one attached hydrogen (secondary N) is 1. The van der Waals surface area contributed by atoms with Crippen LogP contribution < -0.4 is 5.32 Å². The van der Waals surface area contributed by atoms with Crippen LogP contribution in [0.4, 0.5) is 4.39 Å². The van der Waals surface area contributed by atoms with E-state index in [9.17, 15) is 14.0 Å². The first-order chi connectivity index (χ1) is 14.1. The van der Waals surface area contributed by atoms with E-state index in [-0.39, 0.29) is 23.5 Å². The molecular weight excluding hydrogens is 367 g/mol. The van der Waals surface area contributed by atoms with Crippen LogP contribution in [-0.2, 0) is 22.4 Å². The third-order valence-corrected chi connectivity index (χ3v) is 5.57. The van der Waals surface area contributed by atoms with Crippen LogP contribution in [0.5, 0.6) is 0 Å². The maximum atomic E-state index is 13.6. The Morgan fingerprint density at radius 2 is 1.66 bits per heavy atom. The Hall–Kier alpha value is -2.69. The molecule has 1 heterocycles. The molecule has 154 valence electrons. The second-order valence-corrected chi connectivity index (χ2v) is 7.63. The van der Waals surface area contributed by atoms with Crippen molar-refractivity contribution in [3.05, 3.63) is 71.5 Å². The van der Waals surface area contributed by atoms with Crippen LogP contribution >= 0.6 is 0 Å². The van der Waals surface area contributed by atoms with E-state index < -0.39 is 0 Å². The molecule has 1 fully saturated rings. The lowest BCUT2D eigenvalue weighted by Gasteiger charge is -2.31. The first-order valence-electron chi connectivity index (χ1n) is 10.5. The van der Waals surface area contributed by atoms with Crippen molar-refractivity contribution in [3.63, 3.8) is 0 Å². The number of halogens is 1. The number of hydrogen-bond acceptors (Lipinski definition) is 2. The Kier molecular flexibility index (Phi) is 7.79. The van der Waals surface area contributed by atoms with Gasteiger partial charge in [0.15, 0.2) is 0 Å². The van der Waals surface area contributed by atoms with E-state index in [4.69, 9.17) is 0 Å². The summed E-state index contributed by atoms with van der Waals surface area (Å²) in [6.07, 6.45) is 4.17. The molecule has 29 heavy (non-hydrogen) atoms. The Morgan fingerprint density at radius 1 is 0.966 bits per heavy atom. The van der Waals surface area contributed by atoms with E-state index in [2.05, 4.69) is 17.4 Å². The van der Waals surface area contributed by atoms with Crippen LogP contribution in [0.25, 0.3) is 0 Å². The number of piperidine rings is 1. The molecule has 1 N–H and O–H groups in total. The normalized spacial score (nSPS) is 14.6. The van der Waals surface area contributed by atoms with Crippen molar-refractivity contribution in [3.8, 4) is 0 Å². The number of hydrogen-bond donors (Lipinski definition) is 1. The Balaban J connectivity index is 1.33. The summed E-state index contributed by atoms with van der Waals surface area (Å²) < 4.78 is 13.6. The fourth-order valence-electron chi connectivity index (χ4n) is 3.80. The number of carbonyl (C=O) groups excluding carboxylic acids is 2. The monoisotopic (exact) mass is 396 g/mol. The van der Waals surface area contributed by atoms with Crippen molar-refractivity contribution < 1.29 is 14.0 Å². The van der Waals surface area contributed by atoms with Gasteiger partial charge in [-0.25, -0.2) is 4.39 Å². The van der Waals surface area contributed by atoms with Gasteiger partial charge in [0.25, 0.3) is 0 Å². The maximum Gasteiger partial charge on any atom is 0.223 e. The van der Waals surface area contributed by atoms with Gasteiger partial charge in [-0.3, -0.25) is 9.59 Å². The van der Waals surface area contributed by atoms with Crippen molar-refractivity contribution in [1.82, 2.24) is 10.2 Å². The van der Waals surface area contributed by atoms with Crippen molar-refractivity contribution in [2.75, 3.05) is 19.6 Å². The van der Waals surface area contributed by atoms with Gasteiger partial charge in [0, 0.05) is 32.0 Å². The van der Waals surface area contributed by atoms with Gasteiger partial charge >= 0.3 is 0 Å². The largest absolute Gasteiger partial charge is 0.356 e. The second kappa shape index (κ2) is 10.7. The van der Waals surface area contributed by atoms with Gasteiger partial charge in [0.05, 0.1) is 0 Å². The fraction of sp³-hybridized carbons (Fsp3) is 0.417. The summed E-state index contributed by atoms with van der Waals surface area (Å²) in [5.41, 5.74) is 1.87. The van der Waals surface area contributed by atoms with Gasteiger partial charge in [0.1, 0.15) is 5.82 Å². The Morgan fingerprint density at radius 3 is 2.38 bits per heavy atom. The molecule has 3 rings (SSSR count). The number of amides is 2. The van der Waals surface area contributed by atoms with E-state index in [0.29, 0.717) is 50.9 Å². The average molecular weight is 397 g/mol. The number of nitrogens with zero attached hydrogens (tertiary/aromatic N) is 1. The summed E-state index contributed by atoms with van der Waals surface area (Å²) >= 11 is 0. The van der Waals surface area contributed by atoms with E-state index in [1.54, 1.807) is 18.2 Å². The lowest BCUT2D eigenvalue weighted by Crippen LogP contribution is -2.43. The van der Waals surface area contributed by atoms with Crippen LogP contribution in [0.3, 0.4) is 0 Å². The molecule has 0 aliphatic carbocycles. The summed E-state index contributed by atoms with van der Waals surface area (Å²) in [5, 5.41) is 2.92. The summed E-state index contributed by atoms with van der Waals surface area (Å²) in [4.78, 5) is 26.7. The number of likely N-dealkylation sites (tertiary alicyclic amines) is 1. The summed E-state index contributed by atoms with van der Waals surface area (Å²) in [5.74, 6) is -0.110. The molecule has 0 spiro atoms. The molecule has 4 nitrogen and oxygen atoms in total. The minimum atomic E-state index is -0.235. The van der Waals surface area contributed by atoms with Crippen LogP contribution in [0.15, 0.2) is 54.6 Å². The molecule has 0 radical (unpaired) electrons. The number of benzene rings is 2. The minimum absolute atomic E-state index is 0.0116. The molecule has 0 unspecified atom stereocenters. The predicted molar refractivity (Wildman–Crippen MR) is 112 cm³/mol. The van der Waals surface area contributed by atoms with Crippen molar-refractivity contribution in [2.24, 2.45) is 5.92 Å². The zero-order chi connectivity index (χ0) is 20.5. The van der Waals surface area contributed by atoms with Gasteiger partial charge < -0.3 is 10.2 Å². The Bertz CT molecular complexity index is 802. The molecule has 5 heteroatoms. The SMILES string of the molecule is O=C(NCCc1ccccc1F)C1CCN(C(=O)CCCc2ccccc2)CC1. The van der Waals surface area contributed by atoms with E-state index in [0.717, 1.165) is 12.8 Å². The molecule has 2 aromatic carbocycles. The van der Waals surface area contributed by atoms with Crippen LogP contribution in [-0.4, -0.2) is 36.3 Å². The zero-order valence-corrected chi connectivity index (χ0v) is 16.8. The summed E-state index contributed by atoms with van der Waals surface area (Å²) in [7, 11) is 0. The molecule has 0 atom stereocenters. The molecule has 1 aliphatic heterocycles. The van der Waals surface area contributed by atoms with Crippen LogP contribution in [0.2, 0.25) is 0 Å². The lowest BCUT2D eigenvalue weighted by atomic mass is 9.95. The number of rotatable bonds is 8. The van der Waals surface area contributed by atoms with Gasteiger partial charge in [-0.05, 0) is 49.3 Å². The van der Waals surface area contributed by atoms with Gasteiger partial charge in [-0.2, -0.15) is 0 Å². The van der Waals surface area contributed by atoms with Crippen molar-refractivity contribution >= 4 is 11.8 Å². The van der Waals surface area contributed by atoms with E-state index in [1.165, 1.54) is 11.6 Å². The third kappa shape index (κ3) is 6.41. The van der Waals surface area contributed by atoms with Crippen LogP contribution in [0.1, 0.15) is 36.8 Å². The molecule has 0 bridgehead atoms. The first kappa shape index (κ1) is 21.0. The highest BCUT2D eigenvalue weighted by Crippen LogP contribution is 2.19. The van der Waals surface area contributed by atoms with Crippen LogP contribution in [0, 0.1) is 11.7 Å². The van der Waals surface area contributed by atoms with Crippen molar-refractivity contribution in [2.45, 2.75) is 38.5 Å².